The summed E-state index contributed by atoms with van der Waals surface area (Å²) in [5, 5.41) is 0. The lowest BCUT2D eigenvalue weighted by atomic mass is 10.1. The van der Waals surface area contributed by atoms with E-state index in [2.05, 4.69) is 38.6 Å². The van der Waals surface area contributed by atoms with Gasteiger partial charge in [0.15, 0.2) is 5.65 Å². The van der Waals surface area contributed by atoms with Gasteiger partial charge in [-0.1, -0.05) is 18.7 Å². The number of amides is 1. The maximum atomic E-state index is 13.5. The summed E-state index contributed by atoms with van der Waals surface area (Å²) in [6.45, 7) is 7.37. The van der Waals surface area contributed by atoms with Crippen LogP contribution in [0.15, 0.2) is 85.8 Å². The lowest BCUT2D eigenvalue weighted by molar-refractivity contribution is -0.127. The minimum absolute atomic E-state index is 0.0190. The number of hydrogen-bond acceptors (Lipinski definition) is 7. The first-order valence-electron chi connectivity index (χ1n) is 12.9. The molecule has 2 N–H and O–H groups in total. The molecule has 6 rings (SSSR count). The van der Waals surface area contributed by atoms with Crippen molar-refractivity contribution in [1.29, 1.82) is 0 Å². The number of carbonyl (C=O) groups excluding carboxylic acids is 1. The Kier molecular flexibility index (Phi) is 6.75. The van der Waals surface area contributed by atoms with E-state index >= 15 is 0 Å². The topological polar surface area (TPSA) is 106 Å². The highest BCUT2D eigenvalue weighted by molar-refractivity contribution is 5.88. The van der Waals surface area contributed by atoms with Crippen molar-refractivity contribution >= 4 is 22.9 Å². The van der Waals surface area contributed by atoms with E-state index in [0.29, 0.717) is 41.5 Å². The summed E-state index contributed by atoms with van der Waals surface area (Å²) in [4.78, 5) is 34.0. The average Bonchev–Trinajstić information content (AvgIpc) is 3.37. The van der Waals surface area contributed by atoms with Gasteiger partial charge in [0, 0.05) is 50.2 Å². The molecule has 0 aliphatic carbocycles. The minimum atomic E-state index is -0.414. The summed E-state index contributed by atoms with van der Waals surface area (Å²) in [5.74, 6) is -0.0325. The maximum Gasteiger partial charge on any atom is 0.246 e. The first-order chi connectivity index (χ1) is 19.5. The fourth-order valence-corrected chi connectivity index (χ4v) is 4.97. The molecule has 5 aromatic rings. The van der Waals surface area contributed by atoms with Crippen LogP contribution in [0.25, 0.3) is 39.5 Å². The van der Waals surface area contributed by atoms with Gasteiger partial charge in [0.1, 0.15) is 22.8 Å². The second kappa shape index (κ2) is 10.7. The van der Waals surface area contributed by atoms with Gasteiger partial charge in [0.05, 0.1) is 23.8 Å². The Morgan fingerprint density at radius 2 is 1.77 bits per heavy atom. The van der Waals surface area contributed by atoms with Gasteiger partial charge < -0.3 is 10.6 Å². The summed E-state index contributed by atoms with van der Waals surface area (Å²) in [6.07, 6.45) is 5.82. The van der Waals surface area contributed by atoms with Gasteiger partial charge in [-0.05, 0) is 54.1 Å². The summed E-state index contributed by atoms with van der Waals surface area (Å²) < 4.78 is 15.5. The van der Waals surface area contributed by atoms with Gasteiger partial charge in [-0.2, -0.15) is 0 Å². The number of piperazine rings is 1. The van der Waals surface area contributed by atoms with Crippen LogP contribution in [0.3, 0.4) is 0 Å². The molecule has 1 aliphatic heterocycles. The van der Waals surface area contributed by atoms with Crippen molar-refractivity contribution in [3.8, 4) is 28.3 Å². The van der Waals surface area contributed by atoms with E-state index < -0.39 is 5.82 Å². The number of carbonyl (C=O) groups is 1. The second-order valence-corrected chi connectivity index (χ2v) is 9.60. The Morgan fingerprint density at radius 1 is 0.975 bits per heavy atom. The Morgan fingerprint density at radius 3 is 2.48 bits per heavy atom. The van der Waals surface area contributed by atoms with Crippen molar-refractivity contribution in [3.63, 3.8) is 0 Å². The highest BCUT2D eigenvalue weighted by atomic mass is 19.1. The number of nitrogens with two attached hydrogens (primary N) is 1. The van der Waals surface area contributed by atoms with Gasteiger partial charge in [-0.15, -0.1) is 0 Å². The molecule has 1 amide bonds. The zero-order chi connectivity index (χ0) is 27.6. The number of aromatic nitrogens is 5. The lowest BCUT2D eigenvalue weighted by Gasteiger charge is -2.34. The van der Waals surface area contributed by atoms with E-state index in [1.165, 1.54) is 12.1 Å². The Hall–Kier alpha value is -4.96. The number of anilines is 1. The third-order valence-electron chi connectivity index (χ3n) is 7.07. The fourth-order valence-electron chi connectivity index (χ4n) is 4.97. The maximum absolute atomic E-state index is 13.5. The first kappa shape index (κ1) is 25.3. The molecule has 1 saturated heterocycles. The molecule has 1 fully saturated rings. The van der Waals surface area contributed by atoms with Crippen LogP contribution in [0.2, 0.25) is 0 Å². The number of benzene rings is 1. The van der Waals surface area contributed by atoms with E-state index in [0.717, 1.165) is 48.3 Å². The molecule has 0 spiro atoms. The lowest BCUT2D eigenvalue weighted by Crippen LogP contribution is -2.47. The molecule has 4 aromatic heterocycles. The Balaban J connectivity index is 1.35. The van der Waals surface area contributed by atoms with Gasteiger partial charge in [0.2, 0.25) is 5.91 Å². The average molecular weight is 535 g/mol. The molecule has 0 unspecified atom stereocenters. The predicted octanol–water partition coefficient (Wildman–Crippen LogP) is 4.10. The molecule has 40 heavy (non-hydrogen) atoms. The quantitative estimate of drug-likeness (QED) is 0.327. The molecular weight excluding hydrogens is 507 g/mol. The molecule has 10 heteroatoms. The molecular formula is C30H27FN8O. The number of nitrogen functional groups attached to an aromatic ring is 1. The zero-order valence-corrected chi connectivity index (χ0v) is 21.7. The molecule has 1 aromatic carbocycles. The number of nitrogens with zero attached hydrogens (tertiary/aromatic N) is 7. The number of fused-ring (bicyclic) bond motifs is 1. The van der Waals surface area contributed by atoms with Crippen molar-refractivity contribution in [1.82, 2.24) is 34.3 Å². The molecule has 5 heterocycles. The van der Waals surface area contributed by atoms with Crippen molar-refractivity contribution < 1.29 is 9.18 Å². The van der Waals surface area contributed by atoms with E-state index in [1.807, 2.05) is 39.8 Å². The molecule has 0 bridgehead atoms. The molecule has 200 valence electrons. The number of hydrogen-bond donors (Lipinski definition) is 1. The van der Waals surface area contributed by atoms with Gasteiger partial charge >= 0.3 is 0 Å². The normalized spacial score (nSPS) is 14.0. The standard InChI is InChI=1S/C30H27FN8O/c1-2-28(40)38-14-12-37(13-15-38)19-20-5-8-22(9-6-20)39-27(23-4-3-11-33-29(23)32)16-25-30(39)36-26(18-35-25)24-10-7-21(31)17-34-24/h2-11,16-18H,1,12-15,19H2,(H2,32,33). The van der Waals surface area contributed by atoms with Gasteiger partial charge in [-0.3, -0.25) is 24.2 Å². The zero-order valence-electron chi connectivity index (χ0n) is 21.7. The molecule has 0 radical (unpaired) electrons. The third kappa shape index (κ3) is 4.92. The SMILES string of the molecule is C=CC(=O)N1CCN(Cc2ccc(-n3c(-c4cccnc4N)cc4ncc(-c5ccc(F)cn5)nc43)cc2)CC1. The van der Waals surface area contributed by atoms with Crippen LogP contribution in [-0.2, 0) is 11.3 Å². The minimum Gasteiger partial charge on any atom is -0.383 e. The van der Waals surface area contributed by atoms with Gasteiger partial charge in [0.25, 0.3) is 0 Å². The predicted molar refractivity (Wildman–Crippen MR) is 152 cm³/mol. The molecule has 0 atom stereocenters. The van der Waals surface area contributed by atoms with Crippen LogP contribution in [0.5, 0.6) is 0 Å². The molecule has 0 saturated carbocycles. The highest BCUT2D eigenvalue weighted by Crippen LogP contribution is 2.33. The summed E-state index contributed by atoms with van der Waals surface area (Å²) in [6, 6.07) is 16.9. The highest BCUT2D eigenvalue weighted by Gasteiger charge is 2.21. The Bertz CT molecular complexity index is 1690. The van der Waals surface area contributed by atoms with E-state index in [9.17, 15) is 9.18 Å². The summed E-state index contributed by atoms with van der Waals surface area (Å²) in [7, 11) is 0. The summed E-state index contributed by atoms with van der Waals surface area (Å²) >= 11 is 0. The molecule has 9 nitrogen and oxygen atoms in total. The number of rotatable bonds is 6. The number of pyridine rings is 2. The van der Waals surface area contributed by atoms with E-state index in [1.54, 1.807) is 18.5 Å². The van der Waals surface area contributed by atoms with Crippen LogP contribution >= 0.6 is 0 Å². The monoisotopic (exact) mass is 534 g/mol. The number of halogens is 1. The van der Waals surface area contributed by atoms with Crippen molar-refractivity contribution in [3.05, 3.63) is 97.2 Å². The Labute approximate surface area is 230 Å². The third-order valence-corrected chi connectivity index (χ3v) is 7.07. The van der Waals surface area contributed by atoms with Crippen LogP contribution in [0.4, 0.5) is 10.2 Å². The van der Waals surface area contributed by atoms with Crippen molar-refractivity contribution in [2.24, 2.45) is 0 Å². The van der Waals surface area contributed by atoms with Crippen LogP contribution in [0.1, 0.15) is 5.56 Å². The molecule has 1 aliphatic rings. The van der Waals surface area contributed by atoms with Crippen molar-refractivity contribution in [2.45, 2.75) is 6.54 Å². The van der Waals surface area contributed by atoms with E-state index in [4.69, 9.17) is 10.7 Å². The van der Waals surface area contributed by atoms with Crippen LogP contribution in [-0.4, -0.2) is 66.4 Å². The summed E-state index contributed by atoms with van der Waals surface area (Å²) in [5.41, 5.74) is 12.3. The van der Waals surface area contributed by atoms with E-state index in [-0.39, 0.29) is 5.91 Å². The second-order valence-electron chi connectivity index (χ2n) is 9.60. The van der Waals surface area contributed by atoms with Crippen LogP contribution < -0.4 is 5.73 Å². The van der Waals surface area contributed by atoms with Gasteiger partial charge in [-0.25, -0.2) is 14.4 Å². The largest absolute Gasteiger partial charge is 0.383 e. The first-order valence-corrected chi connectivity index (χ1v) is 12.9. The van der Waals surface area contributed by atoms with Crippen LogP contribution in [0, 0.1) is 5.82 Å². The van der Waals surface area contributed by atoms with Crippen molar-refractivity contribution in [2.75, 3.05) is 31.9 Å². The smallest absolute Gasteiger partial charge is 0.246 e. The fraction of sp³-hybridized carbons (Fsp3) is 0.167.